The highest BCUT2D eigenvalue weighted by atomic mass is 16.5. The minimum atomic E-state index is 0.375. The molecule has 3 heteroatoms. The zero-order valence-corrected chi connectivity index (χ0v) is 10.1. The number of nitrogens with two attached hydrogens (primary N) is 1. The SMILES string of the molecule is NCC1(Cc2ccc3c(c2)OCCCO3)CC1. The van der Waals surface area contributed by atoms with E-state index in [-0.39, 0.29) is 0 Å². The van der Waals surface area contributed by atoms with Gasteiger partial charge in [-0.3, -0.25) is 0 Å². The van der Waals surface area contributed by atoms with E-state index in [2.05, 4.69) is 12.1 Å². The van der Waals surface area contributed by atoms with Crippen LogP contribution in [0.15, 0.2) is 18.2 Å². The molecule has 0 unspecified atom stereocenters. The topological polar surface area (TPSA) is 44.5 Å². The van der Waals surface area contributed by atoms with Gasteiger partial charge in [-0.2, -0.15) is 0 Å². The summed E-state index contributed by atoms with van der Waals surface area (Å²) in [5, 5.41) is 0. The van der Waals surface area contributed by atoms with Crippen LogP contribution >= 0.6 is 0 Å². The van der Waals surface area contributed by atoms with Crippen molar-refractivity contribution < 1.29 is 9.47 Å². The van der Waals surface area contributed by atoms with Crippen LogP contribution in [0.2, 0.25) is 0 Å². The van der Waals surface area contributed by atoms with Crippen molar-refractivity contribution >= 4 is 0 Å². The van der Waals surface area contributed by atoms with Crippen molar-refractivity contribution in [3.63, 3.8) is 0 Å². The first-order valence-corrected chi connectivity index (χ1v) is 6.40. The molecule has 0 saturated heterocycles. The van der Waals surface area contributed by atoms with E-state index in [4.69, 9.17) is 15.2 Å². The third-order valence-electron chi connectivity index (χ3n) is 3.78. The van der Waals surface area contributed by atoms with Crippen LogP contribution in [-0.4, -0.2) is 19.8 Å². The second kappa shape index (κ2) is 4.22. The molecule has 3 rings (SSSR count). The van der Waals surface area contributed by atoms with E-state index < -0.39 is 0 Å². The van der Waals surface area contributed by atoms with Crippen molar-refractivity contribution in [2.24, 2.45) is 11.1 Å². The highest BCUT2D eigenvalue weighted by Crippen LogP contribution is 2.48. The lowest BCUT2D eigenvalue weighted by molar-refractivity contribution is 0.297. The maximum absolute atomic E-state index is 5.82. The fourth-order valence-electron chi connectivity index (χ4n) is 2.38. The summed E-state index contributed by atoms with van der Waals surface area (Å²) >= 11 is 0. The molecule has 1 saturated carbocycles. The summed E-state index contributed by atoms with van der Waals surface area (Å²) in [4.78, 5) is 0. The Morgan fingerprint density at radius 1 is 1.12 bits per heavy atom. The average molecular weight is 233 g/mol. The number of ether oxygens (including phenoxy) is 2. The smallest absolute Gasteiger partial charge is 0.161 e. The van der Waals surface area contributed by atoms with Crippen molar-refractivity contribution in [2.75, 3.05) is 19.8 Å². The predicted octanol–water partition coefficient (Wildman–Crippen LogP) is 2.13. The quantitative estimate of drug-likeness (QED) is 0.869. The number of benzene rings is 1. The maximum atomic E-state index is 5.82. The molecule has 0 bridgehead atoms. The van der Waals surface area contributed by atoms with E-state index >= 15 is 0 Å². The molecular weight excluding hydrogens is 214 g/mol. The minimum Gasteiger partial charge on any atom is -0.490 e. The third-order valence-corrected chi connectivity index (χ3v) is 3.78. The summed E-state index contributed by atoms with van der Waals surface area (Å²) in [6, 6.07) is 6.29. The lowest BCUT2D eigenvalue weighted by Gasteiger charge is -2.14. The molecule has 0 spiro atoms. The molecule has 3 nitrogen and oxygen atoms in total. The molecule has 0 aromatic heterocycles. The molecule has 0 amide bonds. The summed E-state index contributed by atoms with van der Waals surface area (Å²) in [7, 11) is 0. The van der Waals surface area contributed by atoms with Crippen molar-refractivity contribution in [3.05, 3.63) is 23.8 Å². The van der Waals surface area contributed by atoms with Gasteiger partial charge in [0, 0.05) is 6.42 Å². The van der Waals surface area contributed by atoms with E-state index in [1.54, 1.807) is 0 Å². The summed E-state index contributed by atoms with van der Waals surface area (Å²) in [6.45, 7) is 2.29. The zero-order chi connectivity index (χ0) is 11.7. The van der Waals surface area contributed by atoms with Gasteiger partial charge in [0.25, 0.3) is 0 Å². The fourth-order valence-corrected chi connectivity index (χ4v) is 2.38. The molecule has 1 fully saturated rings. The molecule has 1 aromatic rings. The summed E-state index contributed by atoms with van der Waals surface area (Å²) in [5.41, 5.74) is 7.52. The summed E-state index contributed by atoms with van der Waals surface area (Å²) < 4.78 is 11.3. The molecule has 1 aliphatic heterocycles. The average Bonchev–Trinajstić information content (AvgIpc) is 3.13. The van der Waals surface area contributed by atoms with Crippen molar-refractivity contribution in [1.29, 1.82) is 0 Å². The molecule has 92 valence electrons. The molecule has 17 heavy (non-hydrogen) atoms. The van der Waals surface area contributed by atoms with Crippen molar-refractivity contribution in [2.45, 2.75) is 25.7 Å². The monoisotopic (exact) mass is 233 g/mol. The molecular formula is C14H19NO2. The standard InChI is InChI=1S/C14H19NO2/c15-10-14(4-5-14)9-11-2-3-12-13(8-11)17-7-1-6-16-12/h2-3,8H,1,4-7,9-10,15H2. The molecule has 1 heterocycles. The third kappa shape index (κ3) is 2.25. The lowest BCUT2D eigenvalue weighted by atomic mass is 9.96. The summed E-state index contributed by atoms with van der Waals surface area (Å²) in [6.07, 6.45) is 4.55. The molecule has 1 aromatic carbocycles. The first-order chi connectivity index (χ1) is 8.31. The van der Waals surface area contributed by atoms with E-state index in [9.17, 15) is 0 Å². The lowest BCUT2D eigenvalue weighted by Crippen LogP contribution is -2.17. The van der Waals surface area contributed by atoms with E-state index in [1.807, 2.05) is 6.07 Å². The predicted molar refractivity (Wildman–Crippen MR) is 66.5 cm³/mol. The van der Waals surface area contributed by atoms with Gasteiger partial charge in [0.2, 0.25) is 0 Å². The van der Waals surface area contributed by atoms with Crippen LogP contribution in [0, 0.1) is 5.41 Å². The van der Waals surface area contributed by atoms with Crippen LogP contribution in [0.3, 0.4) is 0 Å². The first kappa shape index (κ1) is 10.9. The van der Waals surface area contributed by atoms with Gasteiger partial charge in [0.1, 0.15) is 0 Å². The van der Waals surface area contributed by atoms with Crippen molar-refractivity contribution in [3.8, 4) is 11.5 Å². The summed E-state index contributed by atoms with van der Waals surface area (Å²) in [5.74, 6) is 1.77. The van der Waals surface area contributed by atoms with Crippen LogP contribution in [0.25, 0.3) is 0 Å². The molecule has 2 aliphatic rings. The maximum Gasteiger partial charge on any atom is 0.161 e. The van der Waals surface area contributed by atoms with Gasteiger partial charge < -0.3 is 15.2 Å². The van der Waals surface area contributed by atoms with Gasteiger partial charge in [-0.25, -0.2) is 0 Å². The number of fused-ring (bicyclic) bond motifs is 1. The van der Waals surface area contributed by atoms with E-state index in [1.165, 1.54) is 18.4 Å². The van der Waals surface area contributed by atoms with E-state index in [0.717, 1.165) is 44.1 Å². The Hall–Kier alpha value is -1.22. The Balaban J connectivity index is 1.80. The minimum absolute atomic E-state index is 0.375. The Bertz CT molecular complexity index is 413. The van der Waals surface area contributed by atoms with Gasteiger partial charge in [0.15, 0.2) is 11.5 Å². The van der Waals surface area contributed by atoms with Crippen LogP contribution < -0.4 is 15.2 Å². The zero-order valence-electron chi connectivity index (χ0n) is 10.1. The largest absolute Gasteiger partial charge is 0.490 e. The number of hydrogen-bond acceptors (Lipinski definition) is 3. The Morgan fingerprint density at radius 3 is 2.59 bits per heavy atom. The highest BCUT2D eigenvalue weighted by Gasteiger charge is 2.41. The van der Waals surface area contributed by atoms with E-state index in [0.29, 0.717) is 5.41 Å². The molecule has 2 N–H and O–H groups in total. The first-order valence-electron chi connectivity index (χ1n) is 6.40. The molecule has 0 atom stereocenters. The second-order valence-electron chi connectivity index (χ2n) is 5.21. The van der Waals surface area contributed by atoms with Gasteiger partial charge in [-0.05, 0) is 48.9 Å². The normalized spacial score (nSPS) is 20.8. The Kier molecular flexibility index (Phi) is 2.71. The van der Waals surface area contributed by atoms with Crippen molar-refractivity contribution in [1.82, 2.24) is 0 Å². The fraction of sp³-hybridized carbons (Fsp3) is 0.571. The van der Waals surface area contributed by atoms with Gasteiger partial charge in [-0.1, -0.05) is 6.07 Å². The second-order valence-corrected chi connectivity index (χ2v) is 5.21. The highest BCUT2D eigenvalue weighted by molar-refractivity contribution is 5.43. The van der Waals surface area contributed by atoms with Crippen LogP contribution in [0.1, 0.15) is 24.8 Å². The molecule has 0 radical (unpaired) electrons. The molecule has 1 aliphatic carbocycles. The Morgan fingerprint density at radius 2 is 1.88 bits per heavy atom. The van der Waals surface area contributed by atoms with Crippen LogP contribution in [0.4, 0.5) is 0 Å². The van der Waals surface area contributed by atoms with Gasteiger partial charge >= 0.3 is 0 Å². The number of rotatable bonds is 3. The van der Waals surface area contributed by atoms with Gasteiger partial charge in [0.05, 0.1) is 13.2 Å². The Labute approximate surface area is 102 Å². The van der Waals surface area contributed by atoms with Crippen LogP contribution in [0.5, 0.6) is 11.5 Å². The van der Waals surface area contributed by atoms with Gasteiger partial charge in [-0.15, -0.1) is 0 Å². The van der Waals surface area contributed by atoms with Crippen LogP contribution in [-0.2, 0) is 6.42 Å². The number of hydrogen-bond donors (Lipinski definition) is 1.